The quantitative estimate of drug-likeness (QED) is 0.719. The van der Waals surface area contributed by atoms with Crippen LogP contribution in [0.3, 0.4) is 0 Å². The second-order valence-electron chi connectivity index (χ2n) is 6.57. The molecule has 1 fully saturated rings. The van der Waals surface area contributed by atoms with E-state index < -0.39 is 15.9 Å². The number of nitrogens with zero attached hydrogens (tertiary/aromatic N) is 2. The number of amides is 1. The molecule has 0 spiro atoms. The van der Waals surface area contributed by atoms with Crippen molar-refractivity contribution in [2.75, 3.05) is 10.8 Å². The lowest BCUT2D eigenvalue weighted by Gasteiger charge is -2.24. The van der Waals surface area contributed by atoms with E-state index in [-0.39, 0.29) is 11.4 Å². The topological polar surface area (TPSA) is 78.8 Å². The fourth-order valence-corrected chi connectivity index (χ4v) is 4.59. The highest BCUT2D eigenvalue weighted by Crippen LogP contribution is 2.25. The molecule has 0 unspecified atom stereocenters. The van der Waals surface area contributed by atoms with Gasteiger partial charge in [-0.25, -0.2) is 13.8 Å². The summed E-state index contributed by atoms with van der Waals surface area (Å²) in [4.78, 5) is 12.6. The number of sulfonamides is 1. The van der Waals surface area contributed by atoms with Gasteiger partial charge in [0.05, 0.1) is 10.6 Å². The van der Waals surface area contributed by atoms with E-state index in [9.17, 15) is 13.2 Å². The standard InChI is InChI=1S/C20H22ClN3O3S/c21-16-11-13-18(14-12-16)24(28(26,27)19-9-5-2-6-10-19)15-20(25)23-22-17-7-3-1-4-8-17/h2,5-6,9-14H,1,3-4,7-8,15H2,(H,23,25). The largest absolute Gasteiger partial charge is 0.271 e. The predicted octanol–water partition coefficient (Wildman–Crippen LogP) is 3.97. The van der Waals surface area contributed by atoms with Gasteiger partial charge in [-0.15, -0.1) is 0 Å². The van der Waals surface area contributed by atoms with E-state index in [1.807, 2.05) is 0 Å². The number of halogens is 1. The second kappa shape index (κ2) is 9.21. The highest BCUT2D eigenvalue weighted by Gasteiger charge is 2.27. The van der Waals surface area contributed by atoms with Gasteiger partial charge < -0.3 is 0 Å². The summed E-state index contributed by atoms with van der Waals surface area (Å²) in [6.07, 6.45) is 5.03. The lowest BCUT2D eigenvalue weighted by atomic mass is 9.99. The molecule has 8 heteroatoms. The molecule has 0 atom stereocenters. The van der Waals surface area contributed by atoms with Crippen LogP contribution < -0.4 is 9.73 Å². The van der Waals surface area contributed by atoms with E-state index in [4.69, 9.17) is 11.6 Å². The van der Waals surface area contributed by atoms with Crippen molar-refractivity contribution in [2.24, 2.45) is 5.10 Å². The number of carbonyl (C=O) groups excluding carboxylic acids is 1. The smallest absolute Gasteiger partial charge is 0.264 e. The minimum Gasteiger partial charge on any atom is -0.271 e. The van der Waals surface area contributed by atoms with Gasteiger partial charge in [-0.05, 0) is 62.1 Å². The van der Waals surface area contributed by atoms with Gasteiger partial charge in [0.25, 0.3) is 15.9 Å². The maximum atomic E-state index is 13.1. The molecule has 148 valence electrons. The molecule has 1 saturated carbocycles. The van der Waals surface area contributed by atoms with E-state index in [1.165, 1.54) is 18.6 Å². The van der Waals surface area contributed by atoms with Gasteiger partial charge in [0, 0.05) is 10.7 Å². The van der Waals surface area contributed by atoms with Crippen molar-refractivity contribution in [1.29, 1.82) is 0 Å². The molecule has 0 heterocycles. The molecule has 0 aliphatic heterocycles. The third kappa shape index (κ3) is 5.11. The molecular weight excluding hydrogens is 398 g/mol. The molecule has 0 aromatic heterocycles. The Balaban J connectivity index is 1.84. The summed E-state index contributed by atoms with van der Waals surface area (Å²) in [5.41, 5.74) is 3.81. The van der Waals surface area contributed by atoms with E-state index in [0.717, 1.165) is 35.7 Å². The number of rotatable bonds is 6. The van der Waals surface area contributed by atoms with Crippen molar-refractivity contribution in [3.05, 3.63) is 59.6 Å². The Morgan fingerprint density at radius 2 is 1.64 bits per heavy atom. The van der Waals surface area contributed by atoms with Crippen LogP contribution >= 0.6 is 11.6 Å². The molecule has 0 bridgehead atoms. The van der Waals surface area contributed by atoms with Crippen LogP contribution in [0.4, 0.5) is 5.69 Å². The first-order valence-electron chi connectivity index (χ1n) is 9.14. The molecule has 0 saturated heterocycles. The van der Waals surface area contributed by atoms with Crippen LogP contribution in [0.2, 0.25) is 5.02 Å². The van der Waals surface area contributed by atoms with Crippen molar-refractivity contribution in [2.45, 2.75) is 37.0 Å². The highest BCUT2D eigenvalue weighted by molar-refractivity contribution is 7.92. The number of nitrogens with one attached hydrogen (secondary N) is 1. The minimum absolute atomic E-state index is 0.108. The Labute approximate surface area is 170 Å². The molecule has 28 heavy (non-hydrogen) atoms. The highest BCUT2D eigenvalue weighted by atomic mass is 35.5. The Bertz CT molecular complexity index is 936. The summed E-state index contributed by atoms with van der Waals surface area (Å²) in [6, 6.07) is 14.3. The van der Waals surface area contributed by atoms with Gasteiger partial charge in [-0.3, -0.25) is 9.10 Å². The van der Waals surface area contributed by atoms with Crippen molar-refractivity contribution >= 4 is 38.9 Å². The molecule has 6 nitrogen and oxygen atoms in total. The fourth-order valence-electron chi connectivity index (χ4n) is 3.02. The average molecular weight is 420 g/mol. The van der Waals surface area contributed by atoms with Crippen LogP contribution in [0, 0.1) is 0 Å². The Kier molecular flexibility index (Phi) is 6.70. The maximum absolute atomic E-state index is 13.1. The van der Waals surface area contributed by atoms with Crippen LogP contribution in [-0.4, -0.2) is 26.6 Å². The first kappa shape index (κ1) is 20.4. The zero-order valence-electron chi connectivity index (χ0n) is 15.3. The van der Waals surface area contributed by atoms with Gasteiger partial charge in [0.2, 0.25) is 0 Å². The molecule has 1 aliphatic rings. The van der Waals surface area contributed by atoms with Crippen molar-refractivity contribution in [1.82, 2.24) is 5.43 Å². The summed E-state index contributed by atoms with van der Waals surface area (Å²) in [6.45, 7) is -0.379. The van der Waals surface area contributed by atoms with Crippen LogP contribution in [0.25, 0.3) is 0 Å². The number of anilines is 1. The molecule has 2 aromatic rings. The van der Waals surface area contributed by atoms with Gasteiger partial charge in [-0.1, -0.05) is 36.2 Å². The molecule has 1 aliphatic carbocycles. The second-order valence-corrected chi connectivity index (χ2v) is 8.87. The minimum atomic E-state index is -3.92. The number of hydrazone groups is 1. The predicted molar refractivity (Wildman–Crippen MR) is 111 cm³/mol. The summed E-state index contributed by atoms with van der Waals surface area (Å²) in [7, 11) is -3.92. The van der Waals surface area contributed by atoms with Crippen molar-refractivity contribution < 1.29 is 13.2 Å². The fraction of sp³-hybridized carbons (Fsp3) is 0.300. The number of carbonyl (C=O) groups is 1. The number of benzene rings is 2. The summed E-state index contributed by atoms with van der Waals surface area (Å²) in [5.74, 6) is -0.493. The van der Waals surface area contributed by atoms with Crippen LogP contribution in [0.5, 0.6) is 0 Å². The zero-order chi connectivity index (χ0) is 20.0. The van der Waals surface area contributed by atoms with Gasteiger partial charge in [-0.2, -0.15) is 5.10 Å². The first-order chi connectivity index (χ1) is 13.5. The van der Waals surface area contributed by atoms with Crippen LogP contribution in [0.15, 0.2) is 64.6 Å². The first-order valence-corrected chi connectivity index (χ1v) is 11.0. The van der Waals surface area contributed by atoms with E-state index in [1.54, 1.807) is 42.5 Å². The number of hydrogen-bond donors (Lipinski definition) is 1. The summed E-state index contributed by atoms with van der Waals surface area (Å²) >= 11 is 5.92. The molecular formula is C20H22ClN3O3S. The summed E-state index contributed by atoms with van der Waals surface area (Å²) in [5, 5.41) is 4.65. The molecule has 3 rings (SSSR count). The molecule has 0 radical (unpaired) electrons. The number of hydrogen-bond acceptors (Lipinski definition) is 4. The molecule has 1 N–H and O–H groups in total. The van der Waals surface area contributed by atoms with Gasteiger partial charge in [0.15, 0.2) is 0 Å². The van der Waals surface area contributed by atoms with E-state index in [2.05, 4.69) is 10.5 Å². The zero-order valence-corrected chi connectivity index (χ0v) is 16.9. The lowest BCUT2D eigenvalue weighted by molar-refractivity contribution is -0.119. The monoisotopic (exact) mass is 419 g/mol. The normalized spacial score (nSPS) is 14.4. The molecule has 1 amide bonds. The average Bonchev–Trinajstić information content (AvgIpc) is 2.72. The van der Waals surface area contributed by atoms with E-state index in [0.29, 0.717) is 10.7 Å². The third-order valence-electron chi connectivity index (χ3n) is 4.50. The maximum Gasteiger partial charge on any atom is 0.264 e. The Morgan fingerprint density at radius 3 is 2.29 bits per heavy atom. The molecule has 2 aromatic carbocycles. The summed E-state index contributed by atoms with van der Waals surface area (Å²) < 4.78 is 27.3. The Hall–Kier alpha value is -2.38. The van der Waals surface area contributed by atoms with Crippen LogP contribution in [0.1, 0.15) is 32.1 Å². The lowest BCUT2D eigenvalue weighted by Crippen LogP contribution is -2.39. The van der Waals surface area contributed by atoms with Gasteiger partial charge >= 0.3 is 0 Å². The van der Waals surface area contributed by atoms with Crippen LogP contribution in [-0.2, 0) is 14.8 Å². The SMILES string of the molecule is O=C(CN(c1ccc(Cl)cc1)S(=O)(=O)c1ccccc1)NN=C1CCCCC1. The third-order valence-corrected chi connectivity index (χ3v) is 6.54. The van der Waals surface area contributed by atoms with Gasteiger partial charge in [0.1, 0.15) is 6.54 Å². The van der Waals surface area contributed by atoms with Crippen molar-refractivity contribution in [3.8, 4) is 0 Å². The van der Waals surface area contributed by atoms with Crippen molar-refractivity contribution in [3.63, 3.8) is 0 Å². The van der Waals surface area contributed by atoms with E-state index >= 15 is 0 Å². The Morgan fingerprint density at radius 1 is 1.00 bits per heavy atom.